The lowest BCUT2D eigenvalue weighted by atomic mass is 10.0. The molecule has 0 radical (unpaired) electrons. The fraction of sp³-hybridized carbons (Fsp3) is 0.533. The van der Waals surface area contributed by atoms with Gasteiger partial charge in [0.25, 0.3) is 5.91 Å². The number of carbonyl (C=O) groups is 1. The van der Waals surface area contributed by atoms with Crippen LogP contribution in [0.5, 0.6) is 0 Å². The summed E-state index contributed by atoms with van der Waals surface area (Å²) in [7, 11) is 0. The Morgan fingerprint density at radius 3 is 3.10 bits per heavy atom. The van der Waals surface area contributed by atoms with E-state index in [0.29, 0.717) is 23.9 Å². The molecule has 5 heteroatoms. The van der Waals surface area contributed by atoms with Crippen molar-refractivity contribution < 1.29 is 9.53 Å². The van der Waals surface area contributed by atoms with Crippen LogP contribution in [0.3, 0.4) is 0 Å². The van der Waals surface area contributed by atoms with Gasteiger partial charge in [-0.2, -0.15) is 0 Å². The summed E-state index contributed by atoms with van der Waals surface area (Å²) >= 11 is 1.42. The number of carbonyl (C=O) groups excluding carboxylic acids is 1. The zero-order valence-electron chi connectivity index (χ0n) is 11.9. The third-order valence-corrected chi connectivity index (χ3v) is 4.65. The standard InChI is InChI=1S/C15H20N2O2S/c1-10-8-14(20-13(10)4-3-6-16)15(18)17-9-12-5-7-19-11(12)2/h8,11-12H,5-7,9,16H2,1-2H3,(H,17,18). The van der Waals surface area contributed by atoms with E-state index in [0.717, 1.165) is 23.5 Å². The molecule has 1 amide bonds. The zero-order valence-corrected chi connectivity index (χ0v) is 12.7. The molecule has 1 fully saturated rings. The molecule has 20 heavy (non-hydrogen) atoms. The van der Waals surface area contributed by atoms with Crippen LogP contribution in [0.2, 0.25) is 0 Å². The SMILES string of the molecule is Cc1cc(C(=O)NCC2CCOC2C)sc1C#CCN. The minimum absolute atomic E-state index is 0.0296. The maximum atomic E-state index is 12.1. The van der Waals surface area contributed by atoms with Crippen molar-refractivity contribution in [3.8, 4) is 11.8 Å². The van der Waals surface area contributed by atoms with Gasteiger partial charge in [-0.05, 0) is 31.9 Å². The number of rotatable bonds is 3. The van der Waals surface area contributed by atoms with Crippen molar-refractivity contribution in [2.45, 2.75) is 26.4 Å². The Kier molecular flexibility index (Phi) is 5.18. The van der Waals surface area contributed by atoms with Crippen molar-refractivity contribution >= 4 is 17.2 Å². The Balaban J connectivity index is 1.95. The van der Waals surface area contributed by atoms with Gasteiger partial charge in [-0.1, -0.05) is 11.8 Å². The molecule has 2 unspecified atom stereocenters. The lowest BCUT2D eigenvalue weighted by molar-refractivity contribution is 0.0910. The van der Waals surface area contributed by atoms with Crippen molar-refractivity contribution in [3.05, 3.63) is 21.4 Å². The van der Waals surface area contributed by atoms with Crippen molar-refractivity contribution in [2.75, 3.05) is 19.7 Å². The van der Waals surface area contributed by atoms with Crippen LogP contribution in [0.4, 0.5) is 0 Å². The number of hydrogen-bond acceptors (Lipinski definition) is 4. The second-order valence-corrected chi connectivity index (χ2v) is 6.02. The maximum Gasteiger partial charge on any atom is 0.261 e. The molecular formula is C15H20N2O2S. The molecule has 3 N–H and O–H groups in total. The summed E-state index contributed by atoms with van der Waals surface area (Å²) < 4.78 is 5.49. The Morgan fingerprint density at radius 2 is 2.45 bits per heavy atom. The van der Waals surface area contributed by atoms with Gasteiger partial charge in [0.2, 0.25) is 0 Å². The fourth-order valence-corrected chi connectivity index (χ4v) is 3.17. The number of aryl methyl sites for hydroxylation is 1. The van der Waals surface area contributed by atoms with Crippen molar-refractivity contribution in [3.63, 3.8) is 0 Å². The highest BCUT2D eigenvalue weighted by atomic mass is 32.1. The van der Waals surface area contributed by atoms with E-state index in [-0.39, 0.29) is 12.0 Å². The molecule has 0 spiro atoms. The Hall–Kier alpha value is -1.35. The largest absolute Gasteiger partial charge is 0.378 e. The van der Waals surface area contributed by atoms with E-state index in [4.69, 9.17) is 10.5 Å². The maximum absolute atomic E-state index is 12.1. The van der Waals surface area contributed by atoms with Crippen LogP contribution < -0.4 is 11.1 Å². The molecular weight excluding hydrogens is 272 g/mol. The Bertz CT molecular complexity index is 542. The highest BCUT2D eigenvalue weighted by Crippen LogP contribution is 2.22. The van der Waals surface area contributed by atoms with Gasteiger partial charge in [-0.15, -0.1) is 11.3 Å². The molecule has 1 aromatic heterocycles. The highest BCUT2D eigenvalue weighted by molar-refractivity contribution is 7.14. The fourth-order valence-electron chi connectivity index (χ4n) is 2.20. The highest BCUT2D eigenvalue weighted by Gasteiger charge is 2.24. The zero-order chi connectivity index (χ0) is 14.5. The predicted molar refractivity (Wildman–Crippen MR) is 80.8 cm³/mol. The van der Waals surface area contributed by atoms with E-state index < -0.39 is 0 Å². The molecule has 2 heterocycles. The van der Waals surface area contributed by atoms with Crippen LogP contribution in [0, 0.1) is 24.7 Å². The Labute approximate surface area is 123 Å². The molecule has 1 saturated heterocycles. The first-order valence-corrected chi connectivity index (χ1v) is 7.62. The van der Waals surface area contributed by atoms with Crippen molar-refractivity contribution in [2.24, 2.45) is 11.7 Å². The van der Waals surface area contributed by atoms with Crippen molar-refractivity contribution in [1.29, 1.82) is 0 Å². The monoisotopic (exact) mass is 292 g/mol. The van der Waals surface area contributed by atoms with E-state index in [9.17, 15) is 4.79 Å². The minimum atomic E-state index is -0.0296. The topological polar surface area (TPSA) is 64.3 Å². The first-order chi connectivity index (χ1) is 9.61. The van der Waals surface area contributed by atoms with E-state index in [1.54, 1.807) is 0 Å². The lowest BCUT2D eigenvalue weighted by Gasteiger charge is -2.14. The summed E-state index contributed by atoms with van der Waals surface area (Å²) in [6.07, 6.45) is 1.24. The number of nitrogens with one attached hydrogen (secondary N) is 1. The van der Waals surface area contributed by atoms with Gasteiger partial charge < -0.3 is 15.8 Å². The molecule has 1 aromatic rings. The summed E-state index contributed by atoms with van der Waals surface area (Å²) in [5.41, 5.74) is 6.39. The van der Waals surface area contributed by atoms with E-state index in [2.05, 4.69) is 24.1 Å². The third-order valence-electron chi connectivity index (χ3n) is 3.50. The lowest BCUT2D eigenvalue weighted by Crippen LogP contribution is -2.31. The molecule has 2 rings (SSSR count). The second-order valence-electron chi connectivity index (χ2n) is 4.96. The second kappa shape index (κ2) is 6.89. The number of amides is 1. The van der Waals surface area contributed by atoms with Crippen LogP contribution in [0.25, 0.3) is 0 Å². The number of ether oxygens (including phenoxy) is 1. The number of nitrogens with two attached hydrogens (primary N) is 1. The summed E-state index contributed by atoms with van der Waals surface area (Å²) in [5.74, 6) is 6.20. The van der Waals surface area contributed by atoms with Gasteiger partial charge in [-0.25, -0.2) is 0 Å². The van der Waals surface area contributed by atoms with Crippen molar-refractivity contribution in [1.82, 2.24) is 5.32 Å². The number of thiophene rings is 1. The molecule has 0 aromatic carbocycles. The quantitative estimate of drug-likeness (QED) is 0.830. The summed E-state index contributed by atoms with van der Waals surface area (Å²) in [6, 6.07) is 1.88. The van der Waals surface area contributed by atoms with Gasteiger partial charge >= 0.3 is 0 Å². The van der Waals surface area contributed by atoms with Crippen LogP contribution in [-0.4, -0.2) is 31.7 Å². The van der Waals surface area contributed by atoms with Crippen LogP contribution >= 0.6 is 11.3 Å². The van der Waals surface area contributed by atoms with Gasteiger partial charge in [0.15, 0.2) is 0 Å². The average Bonchev–Trinajstić information content (AvgIpc) is 3.00. The molecule has 2 atom stereocenters. The van der Waals surface area contributed by atoms with Gasteiger partial charge in [0.05, 0.1) is 22.4 Å². The summed E-state index contributed by atoms with van der Waals surface area (Å²) in [6.45, 7) is 5.80. The van der Waals surface area contributed by atoms with E-state index in [1.165, 1.54) is 11.3 Å². The molecule has 1 aliphatic rings. The van der Waals surface area contributed by atoms with E-state index in [1.807, 2.05) is 13.0 Å². The third kappa shape index (κ3) is 3.60. The van der Waals surface area contributed by atoms with E-state index >= 15 is 0 Å². The predicted octanol–water partition coefficient (Wildman–Crippen LogP) is 1.52. The molecule has 0 bridgehead atoms. The molecule has 0 saturated carbocycles. The first kappa shape index (κ1) is 15.0. The van der Waals surface area contributed by atoms with Crippen LogP contribution in [0.15, 0.2) is 6.07 Å². The smallest absolute Gasteiger partial charge is 0.261 e. The van der Waals surface area contributed by atoms with Gasteiger partial charge in [0.1, 0.15) is 0 Å². The van der Waals surface area contributed by atoms with Gasteiger partial charge in [-0.3, -0.25) is 4.79 Å². The first-order valence-electron chi connectivity index (χ1n) is 6.81. The molecule has 0 aliphatic carbocycles. The normalized spacial score (nSPS) is 21.4. The average molecular weight is 292 g/mol. The number of hydrogen-bond donors (Lipinski definition) is 2. The minimum Gasteiger partial charge on any atom is -0.378 e. The van der Waals surface area contributed by atoms with Gasteiger partial charge in [0, 0.05) is 19.1 Å². The Morgan fingerprint density at radius 1 is 1.65 bits per heavy atom. The van der Waals surface area contributed by atoms with Crippen LogP contribution in [-0.2, 0) is 4.74 Å². The molecule has 108 valence electrons. The summed E-state index contributed by atoms with van der Waals surface area (Å²) in [4.78, 5) is 13.8. The molecule has 1 aliphatic heterocycles. The van der Waals surface area contributed by atoms with Crippen LogP contribution in [0.1, 0.15) is 33.5 Å². The molecule has 4 nitrogen and oxygen atoms in total. The summed E-state index contributed by atoms with van der Waals surface area (Å²) in [5, 5.41) is 2.99.